The maximum Gasteiger partial charge on any atom is 0.0314 e. The van der Waals surface area contributed by atoms with E-state index >= 15 is 0 Å². The van der Waals surface area contributed by atoms with E-state index in [9.17, 15) is 0 Å². The maximum atomic E-state index is 3.56. The van der Waals surface area contributed by atoms with Crippen molar-refractivity contribution in [2.24, 2.45) is 0 Å². The Balaban J connectivity index is 2.10. The molecule has 1 aromatic heterocycles. The van der Waals surface area contributed by atoms with Crippen molar-refractivity contribution in [3.8, 4) is 0 Å². The summed E-state index contributed by atoms with van der Waals surface area (Å²) in [6.07, 6.45) is 5.20. The summed E-state index contributed by atoms with van der Waals surface area (Å²) >= 11 is 5.48. The van der Waals surface area contributed by atoms with Crippen molar-refractivity contribution < 1.29 is 0 Å². The molecule has 0 aromatic carbocycles. The van der Waals surface area contributed by atoms with Gasteiger partial charge < -0.3 is 5.32 Å². The van der Waals surface area contributed by atoms with E-state index in [-0.39, 0.29) is 0 Å². The molecule has 0 spiro atoms. The highest BCUT2D eigenvalue weighted by Gasteiger charge is 2.01. The zero-order valence-electron chi connectivity index (χ0n) is 9.61. The molecule has 0 saturated carbocycles. The van der Waals surface area contributed by atoms with Crippen LogP contribution in [0.3, 0.4) is 0 Å². The fourth-order valence-corrected chi connectivity index (χ4v) is 3.19. The first kappa shape index (κ1) is 13.2. The van der Waals surface area contributed by atoms with Gasteiger partial charge in [-0.05, 0) is 61.3 Å². The fraction of sp³-hybridized carbons (Fsp3) is 0.667. The molecular formula is C12H20BrNS. The normalized spacial score (nSPS) is 10.9. The summed E-state index contributed by atoms with van der Waals surface area (Å²) in [4.78, 5) is 2.92. The Morgan fingerprint density at radius 2 is 2.13 bits per heavy atom. The largest absolute Gasteiger partial charge is 0.317 e. The second-order valence-electron chi connectivity index (χ2n) is 3.78. The van der Waals surface area contributed by atoms with E-state index in [2.05, 4.69) is 41.2 Å². The van der Waals surface area contributed by atoms with Gasteiger partial charge in [-0.25, -0.2) is 0 Å². The van der Waals surface area contributed by atoms with Crippen LogP contribution >= 0.6 is 27.3 Å². The Labute approximate surface area is 105 Å². The monoisotopic (exact) mass is 289 g/mol. The molecule has 0 unspecified atom stereocenters. The molecule has 86 valence electrons. The third-order valence-corrected chi connectivity index (χ3v) is 4.63. The van der Waals surface area contributed by atoms with Crippen molar-refractivity contribution in [3.05, 3.63) is 20.3 Å². The van der Waals surface area contributed by atoms with E-state index in [0.717, 1.165) is 6.54 Å². The van der Waals surface area contributed by atoms with E-state index in [0.29, 0.717) is 0 Å². The molecule has 1 N–H and O–H groups in total. The maximum absolute atomic E-state index is 3.56. The number of hydrogen-bond donors (Lipinski definition) is 1. The van der Waals surface area contributed by atoms with E-state index < -0.39 is 0 Å². The lowest BCUT2D eigenvalue weighted by Gasteiger charge is -2.00. The molecule has 0 saturated heterocycles. The molecule has 0 aliphatic heterocycles. The van der Waals surface area contributed by atoms with Crippen molar-refractivity contribution in [3.63, 3.8) is 0 Å². The van der Waals surface area contributed by atoms with Gasteiger partial charge in [-0.3, -0.25) is 0 Å². The molecule has 0 bridgehead atoms. The number of halogens is 1. The number of hydrogen-bond acceptors (Lipinski definition) is 2. The molecule has 1 aromatic rings. The molecule has 1 rings (SSSR count). The number of thiophene rings is 1. The summed E-state index contributed by atoms with van der Waals surface area (Å²) in [6, 6.07) is 2.27. The zero-order chi connectivity index (χ0) is 11.1. The lowest BCUT2D eigenvalue weighted by atomic mass is 10.2. The van der Waals surface area contributed by atoms with Crippen LogP contribution in [0.15, 0.2) is 10.5 Å². The minimum absolute atomic E-state index is 1.09. The summed E-state index contributed by atoms with van der Waals surface area (Å²) < 4.78 is 1.27. The van der Waals surface area contributed by atoms with Gasteiger partial charge >= 0.3 is 0 Å². The smallest absolute Gasteiger partial charge is 0.0314 e. The van der Waals surface area contributed by atoms with Gasteiger partial charge in [-0.1, -0.05) is 13.3 Å². The molecule has 1 heterocycles. The summed E-state index contributed by atoms with van der Waals surface area (Å²) in [7, 11) is 0. The number of rotatable bonds is 7. The molecule has 0 radical (unpaired) electrons. The van der Waals surface area contributed by atoms with E-state index in [1.54, 1.807) is 0 Å². The van der Waals surface area contributed by atoms with Gasteiger partial charge in [-0.15, -0.1) is 11.3 Å². The van der Waals surface area contributed by atoms with Crippen LogP contribution in [0.4, 0.5) is 0 Å². The number of unbranched alkanes of at least 4 members (excludes halogenated alkanes) is 2. The van der Waals surface area contributed by atoms with Gasteiger partial charge in [0, 0.05) is 14.2 Å². The minimum Gasteiger partial charge on any atom is -0.317 e. The Kier molecular flexibility index (Phi) is 6.53. The highest BCUT2D eigenvalue weighted by molar-refractivity contribution is 9.10. The van der Waals surface area contributed by atoms with Crippen molar-refractivity contribution in [2.75, 3.05) is 13.1 Å². The SMILES string of the molecule is CCNCCCCCc1cc(Br)c(C)s1. The molecule has 15 heavy (non-hydrogen) atoms. The molecular weight excluding hydrogens is 270 g/mol. The van der Waals surface area contributed by atoms with Crippen molar-refractivity contribution in [2.45, 2.75) is 39.5 Å². The van der Waals surface area contributed by atoms with E-state index in [1.165, 1.54) is 46.5 Å². The first-order valence-corrected chi connectivity index (χ1v) is 7.30. The highest BCUT2D eigenvalue weighted by Crippen LogP contribution is 2.27. The van der Waals surface area contributed by atoms with Crippen molar-refractivity contribution in [1.29, 1.82) is 0 Å². The second kappa shape index (κ2) is 7.42. The van der Waals surface area contributed by atoms with Crippen molar-refractivity contribution in [1.82, 2.24) is 5.32 Å². The lowest BCUT2D eigenvalue weighted by molar-refractivity contribution is 0.618. The van der Waals surface area contributed by atoms with Crippen molar-refractivity contribution >= 4 is 27.3 Å². The van der Waals surface area contributed by atoms with Gasteiger partial charge in [0.15, 0.2) is 0 Å². The van der Waals surface area contributed by atoms with Crippen LogP contribution in [0.25, 0.3) is 0 Å². The van der Waals surface area contributed by atoms with Crippen LogP contribution in [0.2, 0.25) is 0 Å². The Morgan fingerprint density at radius 1 is 1.33 bits per heavy atom. The third kappa shape index (κ3) is 5.14. The quantitative estimate of drug-likeness (QED) is 0.744. The first-order valence-electron chi connectivity index (χ1n) is 5.69. The van der Waals surface area contributed by atoms with Gasteiger partial charge in [0.05, 0.1) is 0 Å². The standard InChI is InChI=1S/C12H20BrNS/c1-3-14-8-6-4-5-7-11-9-12(13)10(2)15-11/h9,14H,3-8H2,1-2H3. The molecule has 3 heteroatoms. The summed E-state index contributed by atoms with van der Waals surface area (Å²) in [5.41, 5.74) is 0. The van der Waals surface area contributed by atoms with Crippen LogP contribution < -0.4 is 5.32 Å². The first-order chi connectivity index (χ1) is 7.24. The zero-order valence-corrected chi connectivity index (χ0v) is 12.0. The van der Waals surface area contributed by atoms with Gasteiger partial charge in [0.25, 0.3) is 0 Å². The average Bonchev–Trinajstić information content (AvgIpc) is 2.52. The van der Waals surface area contributed by atoms with Crippen LogP contribution in [-0.4, -0.2) is 13.1 Å². The predicted molar refractivity (Wildman–Crippen MR) is 72.9 cm³/mol. The Bertz CT molecular complexity index is 264. The van der Waals surface area contributed by atoms with Crippen LogP contribution in [0.1, 0.15) is 35.9 Å². The predicted octanol–water partition coefficient (Wildman–Crippen LogP) is 4.14. The molecule has 0 aliphatic rings. The van der Waals surface area contributed by atoms with Crippen LogP contribution in [0.5, 0.6) is 0 Å². The van der Waals surface area contributed by atoms with Gasteiger partial charge in [0.1, 0.15) is 0 Å². The highest BCUT2D eigenvalue weighted by atomic mass is 79.9. The third-order valence-electron chi connectivity index (χ3n) is 2.43. The molecule has 0 amide bonds. The van der Waals surface area contributed by atoms with Gasteiger partial charge in [0.2, 0.25) is 0 Å². The molecule has 0 fully saturated rings. The Hall–Kier alpha value is 0.140. The fourth-order valence-electron chi connectivity index (χ4n) is 1.54. The van der Waals surface area contributed by atoms with Crippen LogP contribution in [-0.2, 0) is 6.42 Å². The average molecular weight is 290 g/mol. The molecule has 0 aliphatic carbocycles. The van der Waals surface area contributed by atoms with Gasteiger partial charge in [-0.2, -0.15) is 0 Å². The Morgan fingerprint density at radius 3 is 2.73 bits per heavy atom. The van der Waals surface area contributed by atoms with E-state index in [4.69, 9.17) is 0 Å². The number of nitrogens with one attached hydrogen (secondary N) is 1. The topological polar surface area (TPSA) is 12.0 Å². The molecule has 0 atom stereocenters. The summed E-state index contributed by atoms with van der Waals surface area (Å²) in [5, 5.41) is 3.36. The lowest BCUT2D eigenvalue weighted by Crippen LogP contribution is -2.13. The summed E-state index contributed by atoms with van der Waals surface area (Å²) in [6.45, 7) is 6.59. The second-order valence-corrected chi connectivity index (χ2v) is 5.98. The minimum atomic E-state index is 1.09. The molecule has 1 nitrogen and oxygen atoms in total. The van der Waals surface area contributed by atoms with Crippen LogP contribution in [0, 0.1) is 6.92 Å². The summed E-state index contributed by atoms with van der Waals surface area (Å²) in [5.74, 6) is 0. The van der Waals surface area contributed by atoms with E-state index in [1.807, 2.05) is 11.3 Å². The number of aryl methyl sites for hydroxylation is 2.